The van der Waals surface area contributed by atoms with Crippen LogP contribution in [-0.2, 0) is 0 Å². The lowest BCUT2D eigenvalue weighted by atomic mass is 10.7. The summed E-state index contributed by atoms with van der Waals surface area (Å²) in [5.74, 6) is 0. The van der Waals surface area contributed by atoms with Crippen LogP contribution in [0.4, 0.5) is 4.70 Å². The molecule has 0 N–H and O–H groups in total. The molecule has 0 nitrogen and oxygen atoms in total. The average molecular weight is 115 g/mol. The topological polar surface area (TPSA) is 0 Å². The number of halogens is 1. The molecule has 0 saturated carbocycles. The van der Waals surface area contributed by atoms with Crippen molar-refractivity contribution in [2.75, 3.05) is 0 Å². The van der Waals surface area contributed by atoms with Gasteiger partial charge >= 0.3 is 0 Å². The fourth-order valence-corrected chi connectivity index (χ4v) is 0.680. The fourth-order valence-electron chi connectivity index (χ4n) is 0.227. The maximum Gasteiger partial charge on any atom is 0 e. The number of thiophene rings is 1. The van der Waals surface area contributed by atoms with Crippen LogP contribution in [0.3, 0.4) is 0 Å². The normalized spacial score (nSPS) is 5.71. The van der Waals surface area contributed by atoms with Gasteiger partial charge in [-0.15, -0.1) is 0 Å². The van der Waals surface area contributed by atoms with E-state index in [1.807, 2.05) is 22.9 Å². The Bertz CT molecular complexity index is 68.2. The molecule has 0 aliphatic heterocycles. The monoisotopic (exact) mass is 115 g/mol. The van der Waals surface area contributed by atoms with Crippen LogP contribution in [0.1, 0.15) is 0 Å². The van der Waals surface area contributed by atoms with Crippen molar-refractivity contribution in [3.8, 4) is 0 Å². The Morgan fingerprint density at radius 2 is 1.43 bits per heavy atom. The van der Waals surface area contributed by atoms with E-state index in [0.29, 0.717) is 0 Å². The molecule has 0 saturated heterocycles. The van der Waals surface area contributed by atoms with Crippen molar-refractivity contribution in [3.05, 3.63) is 22.9 Å². The highest BCUT2D eigenvalue weighted by Crippen LogP contribution is 1.91. The molecule has 0 unspecified atom stereocenters. The Balaban J connectivity index is 0. The van der Waals surface area contributed by atoms with Gasteiger partial charge in [0.1, 0.15) is 0 Å². The van der Waals surface area contributed by atoms with Gasteiger partial charge in [0, 0.05) is 8.41 Å². The summed E-state index contributed by atoms with van der Waals surface area (Å²) in [7, 11) is 0. The van der Waals surface area contributed by atoms with E-state index in [0.717, 1.165) is 0 Å². The van der Waals surface area contributed by atoms with Gasteiger partial charge in [0.2, 0.25) is 0 Å². The Morgan fingerprint density at radius 1 is 1.00 bits per heavy atom. The molecule has 0 amide bonds. The molecule has 1 aromatic heterocycles. The van der Waals surface area contributed by atoms with Gasteiger partial charge in [0.25, 0.3) is 0 Å². The van der Waals surface area contributed by atoms with E-state index in [1.165, 1.54) is 0 Å². The quantitative estimate of drug-likeness (QED) is 0.449. The van der Waals surface area contributed by atoms with Gasteiger partial charge in [-0.25, -0.2) is 0 Å². The molecule has 0 spiro atoms. The van der Waals surface area contributed by atoms with Crippen LogP contribution >= 0.6 is 11.3 Å². The summed E-state index contributed by atoms with van der Waals surface area (Å²) < 4.78 is 0. The maximum atomic E-state index is 2.04. The van der Waals surface area contributed by atoms with Crippen LogP contribution in [0.15, 0.2) is 22.9 Å². The van der Waals surface area contributed by atoms with Gasteiger partial charge in [-0.05, 0) is 10.8 Å². The van der Waals surface area contributed by atoms with Crippen molar-refractivity contribution in [2.24, 2.45) is 0 Å². The maximum absolute atomic E-state index is 2.04. The smallest absolute Gasteiger partial charge is 0 e. The van der Waals surface area contributed by atoms with Gasteiger partial charge in [-0.2, -0.15) is 11.3 Å². The summed E-state index contributed by atoms with van der Waals surface area (Å²) >= 11 is 1.71. The van der Waals surface area contributed by atoms with Gasteiger partial charge in [-0.1, -0.05) is 12.1 Å². The van der Waals surface area contributed by atoms with Gasteiger partial charge in [0.15, 0.2) is 0 Å². The van der Waals surface area contributed by atoms with Crippen molar-refractivity contribution in [3.63, 3.8) is 0 Å². The third-order valence-corrected chi connectivity index (χ3v) is 1.05. The zero-order valence-corrected chi connectivity index (χ0v) is 4.52. The first-order chi connectivity index (χ1) is 2.50. The molecule has 1 heterocycles. The van der Waals surface area contributed by atoms with Crippen molar-refractivity contribution < 1.29 is 4.70 Å². The summed E-state index contributed by atoms with van der Waals surface area (Å²) in [5.41, 5.74) is 0. The van der Waals surface area contributed by atoms with E-state index in [2.05, 4.69) is 0 Å². The van der Waals surface area contributed by atoms with Crippen LogP contribution in [0.5, 0.6) is 0 Å². The number of hydrogen-bond donors (Lipinski definition) is 0. The third-order valence-electron chi connectivity index (χ3n) is 0.425. The van der Waals surface area contributed by atoms with E-state index in [1.54, 1.807) is 11.3 Å². The molecule has 1 rings (SSSR count). The van der Waals surface area contributed by atoms with Crippen LogP contribution in [0, 0.1) is 0 Å². The van der Waals surface area contributed by atoms with E-state index in [-0.39, 0.29) is 13.1 Å². The number of rotatable bonds is 0. The number of hydrogen-bond acceptors (Lipinski definition) is 1. The highest BCUT2D eigenvalue weighted by molar-refractivity contribution is 7.07. The van der Waals surface area contributed by atoms with E-state index in [4.69, 9.17) is 0 Å². The SMILES string of the molecule is F.[B].c1ccsc1. The minimum atomic E-state index is 0. The summed E-state index contributed by atoms with van der Waals surface area (Å²) in [6.07, 6.45) is 0. The second kappa shape index (κ2) is 5.69. The molecule has 0 atom stereocenters. The van der Waals surface area contributed by atoms with Gasteiger partial charge in [-0.3, -0.25) is 4.70 Å². The summed E-state index contributed by atoms with van der Waals surface area (Å²) in [6, 6.07) is 4.04. The lowest BCUT2D eigenvalue weighted by molar-refractivity contribution is 1.11. The highest BCUT2D eigenvalue weighted by atomic mass is 32.1. The molecule has 7 heavy (non-hydrogen) atoms. The molecular weight excluding hydrogens is 110 g/mol. The first kappa shape index (κ1) is 9.85. The van der Waals surface area contributed by atoms with E-state index in [9.17, 15) is 0 Å². The average Bonchev–Trinajstić information content (AvgIpc) is 1.76. The largest absolute Gasteiger partial charge is 0.269 e. The molecule has 1 aromatic rings. The Morgan fingerprint density at radius 3 is 1.57 bits per heavy atom. The van der Waals surface area contributed by atoms with Crippen LogP contribution in [0.2, 0.25) is 0 Å². The lowest BCUT2D eigenvalue weighted by Crippen LogP contribution is -1.16. The minimum Gasteiger partial charge on any atom is -0.269 e. The first-order valence-corrected chi connectivity index (χ1v) is 2.41. The van der Waals surface area contributed by atoms with Gasteiger partial charge < -0.3 is 0 Å². The minimum absolute atomic E-state index is 0. The predicted octanol–water partition coefficient (Wildman–Crippen LogP) is 1.52. The van der Waals surface area contributed by atoms with Crippen LogP contribution in [-0.4, -0.2) is 8.41 Å². The van der Waals surface area contributed by atoms with E-state index < -0.39 is 0 Å². The van der Waals surface area contributed by atoms with E-state index >= 15 is 0 Å². The summed E-state index contributed by atoms with van der Waals surface area (Å²) in [4.78, 5) is 0. The zero-order chi connectivity index (χ0) is 3.54. The van der Waals surface area contributed by atoms with Crippen molar-refractivity contribution >= 4 is 19.7 Å². The lowest BCUT2D eigenvalue weighted by Gasteiger charge is -1.39. The Labute approximate surface area is 48.1 Å². The van der Waals surface area contributed by atoms with Crippen LogP contribution in [0.25, 0.3) is 0 Å². The molecule has 0 fully saturated rings. The first-order valence-electron chi connectivity index (χ1n) is 1.47. The molecule has 3 radical (unpaired) electrons. The van der Waals surface area contributed by atoms with Gasteiger partial charge in [0.05, 0.1) is 0 Å². The molecule has 0 bridgehead atoms. The van der Waals surface area contributed by atoms with Crippen molar-refractivity contribution in [2.45, 2.75) is 0 Å². The molecule has 0 aliphatic carbocycles. The standard InChI is InChI=1S/C4H4S.B.FH/c1-2-4-5-3-1;;/h1-4H;;1H. The molecular formula is C4H5BFS. The summed E-state index contributed by atoms with van der Waals surface area (Å²) in [5, 5.41) is 4.08. The Kier molecular flexibility index (Phi) is 8.01. The molecule has 3 heteroatoms. The second-order valence-corrected chi connectivity index (χ2v) is 1.61. The third kappa shape index (κ3) is 3.53. The second-order valence-electron chi connectivity index (χ2n) is 0.793. The van der Waals surface area contributed by atoms with Crippen molar-refractivity contribution in [1.82, 2.24) is 0 Å². The summed E-state index contributed by atoms with van der Waals surface area (Å²) in [6.45, 7) is 0. The zero-order valence-electron chi connectivity index (χ0n) is 3.70. The Hall–Kier alpha value is -0.305. The van der Waals surface area contributed by atoms with Crippen molar-refractivity contribution in [1.29, 1.82) is 0 Å². The highest BCUT2D eigenvalue weighted by Gasteiger charge is 1.58. The molecule has 0 aromatic carbocycles. The molecule has 37 valence electrons. The predicted molar refractivity (Wildman–Crippen MR) is 32.6 cm³/mol. The molecule has 0 aliphatic rings. The fraction of sp³-hybridized carbons (Fsp3) is 0. The van der Waals surface area contributed by atoms with Crippen LogP contribution < -0.4 is 0 Å².